The monoisotopic (exact) mass is 543 g/mol. The van der Waals surface area contributed by atoms with Crippen LogP contribution < -0.4 is 16.2 Å². The molecule has 0 aliphatic carbocycles. The first kappa shape index (κ1) is 24.0. The fourth-order valence-corrected chi connectivity index (χ4v) is 5.18. The van der Waals surface area contributed by atoms with Crippen LogP contribution in [0.25, 0.3) is 33.4 Å². The standard InChI is InChI=1S/C26H20ClN9O.H2S/c27-18-8-11-35-22(18)26(37)36(16-4-2-1-3-5-16)24(33-35)19-9-10-34(19)25-21-17(13-30-23(21)31-14-32-25)15-6-7-20(28)29-12-15;/h1-8,11-14,19H,9-10H2,(H2,28,29)(H,30,31,32);1H2/t19-;/m0./s1. The summed E-state index contributed by atoms with van der Waals surface area (Å²) in [7, 11) is 0. The molecule has 1 aliphatic heterocycles. The molecular weight excluding hydrogens is 522 g/mol. The molecule has 1 atom stereocenters. The van der Waals surface area contributed by atoms with E-state index in [0.29, 0.717) is 27.8 Å². The lowest BCUT2D eigenvalue weighted by Crippen LogP contribution is -2.45. The van der Waals surface area contributed by atoms with Crippen LogP contribution in [-0.4, -0.2) is 40.7 Å². The van der Waals surface area contributed by atoms with Gasteiger partial charge in [0.05, 0.1) is 22.1 Å². The lowest BCUT2D eigenvalue weighted by Gasteiger charge is -2.42. The molecule has 38 heavy (non-hydrogen) atoms. The maximum absolute atomic E-state index is 13.7. The van der Waals surface area contributed by atoms with Crippen LogP contribution in [0.15, 0.2) is 78.2 Å². The molecular formula is C26H22ClN9OS. The highest BCUT2D eigenvalue weighted by Gasteiger charge is 2.37. The van der Waals surface area contributed by atoms with E-state index in [4.69, 9.17) is 22.4 Å². The summed E-state index contributed by atoms with van der Waals surface area (Å²) < 4.78 is 3.21. The van der Waals surface area contributed by atoms with Gasteiger partial charge in [0.1, 0.15) is 29.1 Å². The van der Waals surface area contributed by atoms with E-state index in [0.717, 1.165) is 41.0 Å². The minimum atomic E-state index is -0.221. The molecule has 0 radical (unpaired) electrons. The van der Waals surface area contributed by atoms with Crippen LogP contribution >= 0.6 is 25.1 Å². The van der Waals surface area contributed by atoms with Gasteiger partial charge < -0.3 is 15.6 Å². The summed E-state index contributed by atoms with van der Waals surface area (Å²) in [6.45, 7) is 0.747. The van der Waals surface area contributed by atoms with E-state index in [9.17, 15) is 4.79 Å². The number of nitrogens with one attached hydrogen (secondary N) is 1. The summed E-state index contributed by atoms with van der Waals surface area (Å²) in [5.74, 6) is 1.82. The zero-order valence-electron chi connectivity index (χ0n) is 19.9. The highest BCUT2D eigenvalue weighted by atomic mass is 35.5. The zero-order valence-corrected chi connectivity index (χ0v) is 21.7. The second kappa shape index (κ2) is 9.19. The molecule has 1 fully saturated rings. The molecule has 1 aliphatic rings. The van der Waals surface area contributed by atoms with Crippen molar-refractivity contribution in [1.29, 1.82) is 0 Å². The molecule has 7 rings (SSSR count). The Hall–Kier alpha value is -4.35. The van der Waals surface area contributed by atoms with E-state index in [1.54, 1.807) is 39.9 Å². The Kier molecular flexibility index (Phi) is 5.81. The first-order valence-electron chi connectivity index (χ1n) is 11.8. The molecule has 5 aromatic heterocycles. The molecule has 6 aromatic rings. The molecule has 0 saturated carbocycles. The Morgan fingerprint density at radius 1 is 1.05 bits per heavy atom. The molecule has 6 heterocycles. The lowest BCUT2D eigenvalue weighted by molar-refractivity contribution is 0.424. The molecule has 190 valence electrons. The van der Waals surface area contributed by atoms with E-state index in [-0.39, 0.29) is 25.1 Å². The number of hydrogen-bond acceptors (Lipinski definition) is 7. The summed E-state index contributed by atoms with van der Waals surface area (Å²) >= 11 is 6.36. The number of fused-ring (bicyclic) bond motifs is 2. The van der Waals surface area contributed by atoms with Crippen LogP contribution in [0.5, 0.6) is 0 Å². The van der Waals surface area contributed by atoms with Crippen molar-refractivity contribution in [2.75, 3.05) is 17.2 Å². The van der Waals surface area contributed by atoms with E-state index in [1.807, 2.05) is 42.6 Å². The number of aromatic amines is 1. The number of H-pyrrole nitrogens is 1. The largest absolute Gasteiger partial charge is 0.384 e. The Balaban J connectivity index is 0.00000264. The Morgan fingerprint density at radius 3 is 2.63 bits per heavy atom. The molecule has 0 unspecified atom stereocenters. The SMILES string of the molecule is Nc1ccc(-c2c[nH]c3ncnc(N4CC[C@H]4c4nn5ccc(Cl)c5c(=O)n4-c4ccccc4)c23)cn1.S. The molecule has 10 nitrogen and oxygen atoms in total. The summed E-state index contributed by atoms with van der Waals surface area (Å²) in [5, 5.41) is 6.11. The number of halogens is 1. The van der Waals surface area contributed by atoms with E-state index in [1.165, 1.54) is 0 Å². The van der Waals surface area contributed by atoms with Crippen molar-refractivity contribution in [3.05, 3.63) is 94.6 Å². The van der Waals surface area contributed by atoms with Crippen molar-refractivity contribution in [3.63, 3.8) is 0 Å². The van der Waals surface area contributed by atoms with Gasteiger partial charge in [-0.1, -0.05) is 29.8 Å². The minimum Gasteiger partial charge on any atom is -0.384 e. The molecule has 0 bridgehead atoms. The predicted molar refractivity (Wildman–Crippen MR) is 152 cm³/mol. The van der Waals surface area contributed by atoms with Gasteiger partial charge in [-0.05, 0) is 36.8 Å². The number of nitrogens with zero attached hydrogens (tertiary/aromatic N) is 7. The molecule has 12 heteroatoms. The fourth-order valence-electron chi connectivity index (χ4n) is 4.96. The van der Waals surface area contributed by atoms with Gasteiger partial charge in [0.25, 0.3) is 5.56 Å². The molecule has 3 N–H and O–H groups in total. The second-order valence-electron chi connectivity index (χ2n) is 8.88. The van der Waals surface area contributed by atoms with Crippen LogP contribution in [0.3, 0.4) is 0 Å². The van der Waals surface area contributed by atoms with Crippen LogP contribution in [0, 0.1) is 0 Å². The van der Waals surface area contributed by atoms with E-state index < -0.39 is 0 Å². The van der Waals surface area contributed by atoms with Gasteiger partial charge in [-0.15, -0.1) is 0 Å². The van der Waals surface area contributed by atoms with Crippen molar-refractivity contribution in [2.24, 2.45) is 0 Å². The number of rotatable bonds is 4. The third kappa shape index (κ3) is 3.62. The average molecular weight is 544 g/mol. The number of nitrogen functional groups attached to an aromatic ring is 1. The number of aromatic nitrogens is 7. The minimum absolute atomic E-state index is 0. The first-order chi connectivity index (χ1) is 18.1. The number of para-hydroxylation sites is 1. The van der Waals surface area contributed by atoms with Crippen LogP contribution in [0.1, 0.15) is 18.3 Å². The zero-order chi connectivity index (χ0) is 25.1. The van der Waals surface area contributed by atoms with Crippen molar-refractivity contribution in [3.8, 4) is 16.8 Å². The maximum atomic E-state index is 13.7. The fraction of sp³-hybridized carbons (Fsp3) is 0.115. The van der Waals surface area contributed by atoms with Crippen molar-refractivity contribution < 1.29 is 0 Å². The summed E-state index contributed by atoms with van der Waals surface area (Å²) in [5.41, 5.74) is 9.18. The number of benzene rings is 1. The summed E-state index contributed by atoms with van der Waals surface area (Å²) in [6.07, 6.45) is 7.69. The first-order valence-corrected chi connectivity index (χ1v) is 12.1. The van der Waals surface area contributed by atoms with Crippen LogP contribution in [0.4, 0.5) is 11.6 Å². The highest BCUT2D eigenvalue weighted by molar-refractivity contribution is 7.59. The third-order valence-electron chi connectivity index (χ3n) is 6.81. The van der Waals surface area contributed by atoms with Gasteiger partial charge in [0.15, 0.2) is 5.82 Å². The van der Waals surface area contributed by atoms with Crippen LogP contribution in [-0.2, 0) is 0 Å². The van der Waals surface area contributed by atoms with Crippen molar-refractivity contribution >= 4 is 53.3 Å². The van der Waals surface area contributed by atoms with Gasteiger partial charge in [-0.3, -0.25) is 9.36 Å². The van der Waals surface area contributed by atoms with Gasteiger partial charge in [0.2, 0.25) is 0 Å². The van der Waals surface area contributed by atoms with Crippen molar-refractivity contribution in [2.45, 2.75) is 12.5 Å². The second-order valence-corrected chi connectivity index (χ2v) is 9.29. The van der Waals surface area contributed by atoms with Gasteiger partial charge in [0, 0.05) is 36.3 Å². The summed E-state index contributed by atoms with van der Waals surface area (Å²) in [4.78, 5) is 32.5. The maximum Gasteiger partial charge on any atom is 0.284 e. The third-order valence-corrected chi connectivity index (χ3v) is 7.12. The number of hydrogen-bond donors (Lipinski definition) is 2. The average Bonchev–Trinajstić information content (AvgIpc) is 3.49. The van der Waals surface area contributed by atoms with E-state index in [2.05, 4.69) is 24.8 Å². The van der Waals surface area contributed by atoms with E-state index >= 15 is 0 Å². The molecule has 0 spiro atoms. The van der Waals surface area contributed by atoms with Gasteiger partial charge >= 0.3 is 0 Å². The summed E-state index contributed by atoms with van der Waals surface area (Å²) in [6, 6.07) is 14.7. The molecule has 1 saturated heterocycles. The normalized spacial score (nSPS) is 15.0. The molecule has 0 amide bonds. The van der Waals surface area contributed by atoms with Crippen LogP contribution in [0.2, 0.25) is 5.02 Å². The number of pyridine rings is 1. The Bertz CT molecular complexity index is 1850. The van der Waals surface area contributed by atoms with Gasteiger partial charge in [-0.25, -0.2) is 19.5 Å². The van der Waals surface area contributed by atoms with Crippen molar-refractivity contribution in [1.82, 2.24) is 34.1 Å². The number of anilines is 2. The smallest absolute Gasteiger partial charge is 0.284 e. The number of nitrogens with two attached hydrogens (primary N) is 1. The Morgan fingerprint density at radius 2 is 1.89 bits per heavy atom. The highest BCUT2D eigenvalue weighted by Crippen LogP contribution is 2.42. The predicted octanol–water partition coefficient (Wildman–Crippen LogP) is 4.12. The topological polar surface area (TPSA) is 123 Å². The Labute approximate surface area is 228 Å². The van der Waals surface area contributed by atoms with Gasteiger partial charge in [-0.2, -0.15) is 18.6 Å². The quantitative estimate of drug-likeness (QED) is 0.343. The lowest BCUT2D eigenvalue weighted by atomic mass is 10.00. The molecule has 1 aromatic carbocycles.